The monoisotopic (exact) mass is 370 g/mol. The predicted octanol–water partition coefficient (Wildman–Crippen LogP) is 1.25. The fourth-order valence-corrected chi connectivity index (χ4v) is 4.43. The molecule has 136 valence electrons. The van der Waals surface area contributed by atoms with Crippen molar-refractivity contribution in [3.8, 4) is 5.75 Å². The highest BCUT2D eigenvalue weighted by atomic mass is 32.1. The lowest BCUT2D eigenvalue weighted by Gasteiger charge is -2.23. The van der Waals surface area contributed by atoms with Crippen LogP contribution < -0.4 is 24.8 Å². The lowest BCUT2D eigenvalue weighted by Crippen LogP contribution is -2.38. The minimum atomic E-state index is -0.575. The molecule has 2 aliphatic heterocycles. The summed E-state index contributed by atoms with van der Waals surface area (Å²) in [6.45, 7) is 7.14. The number of carbonyl (C=O) groups is 1. The van der Waals surface area contributed by atoms with Gasteiger partial charge in [-0.05, 0) is 55.5 Å². The first-order valence-electron chi connectivity index (χ1n) is 8.86. The number of H-pyrrole nitrogens is 1. The summed E-state index contributed by atoms with van der Waals surface area (Å²) in [5, 5.41) is 3.19. The third kappa shape index (κ3) is 2.93. The second kappa shape index (κ2) is 6.21. The van der Waals surface area contributed by atoms with Crippen LogP contribution in [0.15, 0.2) is 23.0 Å². The van der Waals surface area contributed by atoms with Gasteiger partial charge in [-0.15, -0.1) is 11.3 Å². The van der Waals surface area contributed by atoms with E-state index in [4.69, 9.17) is 4.74 Å². The van der Waals surface area contributed by atoms with Gasteiger partial charge in [-0.3, -0.25) is 9.59 Å². The Morgan fingerprint density at radius 2 is 2.12 bits per heavy atom. The average Bonchev–Trinajstić information content (AvgIpc) is 3.08. The van der Waals surface area contributed by atoms with E-state index >= 15 is 0 Å². The lowest BCUT2D eigenvalue weighted by molar-refractivity contribution is -0.117. The van der Waals surface area contributed by atoms with Gasteiger partial charge >= 0.3 is 0 Å². The van der Waals surface area contributed by atoms with Crippen LogP contribution in [-0.4, -0.2) is 29.5 Å². The first kappa shape index (κ1) is 17.2. The number of aromatic amines is 1. The first-order valence-corrected chi connectivity index (χ1v) is 9.67. The number of ketones is 1. The SMILES string of the molecule is CC1CCOc2ccc(/C=c3\s/c(=C4\CNC(C)(C)C4=O)[nH]c3=O)cc21. The van der Waals surface area contributed by atoms with Crippen LogP contribution in [0.2, 0.25) is 0 Å². The van der Waals surface area contributed by atoms with Crippen LogP contribution in [0.5, 0.6) is 5.75 Å². The van der Waals surface area contributed by atoms with Gasteiger partial charge in [-0.25, -0.2) is 0 Å². The van der Waals surface area contributed by atoms with Crippen molar-refractivity contribution in [3.05, 3.63) is 48.9 Å². The van der Waals surface area contributed by atoms with Gasteiger partial charge in [0, 0.05) is 12.1 Å². The minimum absolute atomic E-state index is 0.0429. The van der Waals surface area contributed by atoms with Crippen molar-refractivity contribution < 1.29 is 9.53 Å². The summed E-state index contributed by atoms with van der Waals surface area (Å²) in [6.07, 6.45) is 2.89. The van der Waals surface area contributed by atoms with Gasteiger partial charge in [0.2, 0.25) is 0 Å². The Labute approximate surface area is 155 Å². The number of thiazole rings is 1. The number of Topliss-reactive ketones (excluding diaryl/α,β-unsaturated/α-hetero) is 1. The van der Waals surface area contributed by atoms with E-state index in [1.807, 2.05) is 32.1 Å². The van der Waals surface area contributed by atoms with Crippen molar-refractivity contribution in [2.45, 2.75) is 38.6 Å². The maximum Gasteiger partial charge on any atom is 0.266 e. The molecule has 1 atom stereocenters. The molecule has 0 aliphatic carbocycles. The van der Waals surface area contributed by atoms with Crippen LogP contribution in [0.3, 0.4) is 0 Å². The largest absolute Gasteiger partial charge is 0.493 e. The second-order valence-corrected chi connectivity index (χ2v) is 8.57. The molecule has 0 bridgehead atoms. The summed E-state index contributed by atoms with van der Waals surface area (Å²) < 4.78 is 6.96. The molecule has 1 aromatic carbocycles. The van der Waals surface area contributed by atoms with Crippen LogP contribution in [0.25, 0.3) is 11.6 Å². The van der Waals surface area contributed by atoms with Crippen molar-refractivity contribution in [1.82, 2.24) is 10.3 Å². The third-order valence-electron chi connectivity index (χ3n) is 5.16. The summed E-state index contributed by atoms with van der Waals surface area (Å²) in [6, 6.07) is 6.03. The number of fused-ring (bicyclic) bond motifs is 1. The molecule has 1 aromatic heterocycles. The van der Waals surface area contributed by atoms with Gasteiger partial charge < -0.3 is 15.0 Å². The summed E-state index contributed by atoms with van der Waals surface area (Å²) in [5.41, 5.74) is 2.08. The van der Waals surface area contributed by atoms with Crippen molar-refractivity contribution in [1.29, 1.82) is 0 Å². The molecule has 26 heavy (non-hydrogen) atoms. The minimum Gasteiger partial charge on any atom is -0.493 e. The summed E-state index contributed by atoms with van der Waals surface area (Å²) >= 11 is 1.34. The normalized spacial score (nSPS) is 24.5. The summed E-state index contributed by atoms with van der Waals surface area (Å²) in [4.78, 5) is 27.7. The molecule has 6 heteroatoms. The molecule has 1 fully saturated rings. The summed E-state index contributed by atoms with van der Waals surface area (Å²) in [7, 11) is 0. The van der Waals surface area contributed by atoms with Crippen LogP contribution in [0.4, 0.5) is 0 Å². The predicted molar refractivity (Wildman–Crippen MR) is 103 cm³/mol. The molecule has 2 aromatic rings. The maximum atomic E-state index is 12.5. The Hall–Kier alpha value is -2.18. The lowest BCUT2D eigenvalue weighted by atomic mass is 9.93. The van der Waals surface area contributed by atoms with Crippen molar-refractivity contribution >= 4 is 28.8 Å². The van der Waals surface area contributed by atoms with Gasteiger partial charge in [0.05, 0.1) is 16.7 Å². The van der Waals surface area contributed by atoms with Crippen molar-refractivity contribution in [3.63, 3.8) is 0 Å². The van der Waals surface area contributed by atoms with E-state index in [9.17, 15) is 9.59 Å². The first-order chi connectivity index (χ1) is 12.3. The number of rotatable bonds is 1. The van der Waals surface area contributed by atoms with Crippen LogP contribution in [0, 0.1) is 0 Å². The van der Waals surface area contributed by atoms with E-state index in [1.54, 1.807) is 0 Å². The smallest absolute Gasteiger partial charge is 0.266 e. The zero-order chi connectivity index (χ0) is 18.5. The van der Waals surface area contributed by atoms with E-state index < -0.39 is 5.54 Å². The average molecular weight is 370 g/mol. The van der Waals surface area contributed by atoms with Crippen molar-refractivity contribution in [2.24, 2.45) is 0 Å². The molecule has 0 amide bonds. The van der Waals surface area contributed by atoms with E-state index in [0.717, 1.165) is 24.3 Å². The standard InChI is InChI=1S/C20H22N2O3S/c1-11-6-7-25-15-5-4-12(8-13(11)15)9-16-18(24)22-19(26-16)14-10-21-20(2,3)17(14)23/h4-5,8-9,11,21H,6-7,10H2,1-3H3,(H,22,24)/b16-9-,19-14+. The molecule has 0 saturated carbocycles. The topological polar surface area (TPSA) is 71.2 Å². The number of ether oxygens (including phenoxy) is 1. The molecule has 2 N–H and O–H groups in total. The zero-order valence-electron chi connectivity index (χ0n) is 15.1. The number of benzene rings is 1. The highest BCUT2D eigenvalue weighted by Crippen LogP contribution is 2.33. The van der Waals surface area contributed by atoms with Gasteiger partial charge in [-0.1, -0.05) is 13.0 Å². The molecule has 1 saturated heterocycles. The van der Waals surface area contributed by atoms with Crippen molar-refractivity contribution in [2.75, 3.05) is 13.2 Å². The Morgan fingerprint density at radius 3 is 2.85 bits per heavy atom. The fraction of sp³-hybridized carbons (Fsp3) is 0.400. The van der Waals surface area contributed by atoms with E-state index in [-0.39, 0.29) is 11.3 Å². The van der Waals surface area contributed by atoms with Gasteiger partial charge in [0.15, 0.2) is 5.78 Å². The van der Waals surface area contributed by atoms with Crippen LogP contribution >= 0.6 is 11.3 Å². The van der Waals surface area contributed by atoms with Crippen LogP contribution in [0.1, 0.15) is 44.2 Å². The molecule has 2 aliphatic rings. The molecule has 0 radical (unpaired) electrons. The highest BCUT2D eigenvalue weighted by molar-refractivity contribution is 7.07. The molecule has 0 spiro atoms. The highest BCUT2D eigenvalue weighted by Gasteiger charge is 2.36. The number of hydrogen-bond acceptors (Lipinski definition) is 5. The van der Waals surface area contributed by atoms with Gasteiger partial charge in [-0.2, -0.15) is 0 Å². The Balaban J connectivity index is 1.79. The van der Waals surface area contributed by atoms with E-state index in [1.165, 1.54) is 16.9 Å². The Bertz CT molecular complexity index is 1060. The molecule has 3 heterocycles. The summed E-state index contributed by atoms with van der Waals surface area (Å²) in [5.74, 6) is 1.42. The van der Waals surface area contributed by atoms with E-state index in [2.05, 4.69) is 23.3 Å². The molecule has 4 rings (SSSR count). The zero-order valence-corrected chi connectivity index (χ0v) is 16.0. The Morgan fingerprint density at radius 1 is 1.31 bits per heavy atom. The van der Waals surface area contributed by atoms with Crippen LogP contribution in [-0.2, 0) is 4.79 Å². The molecule has 5 nitrogen and oxygen atoms in total. The fourth-order valence-electron chi connectivity index (χ4n) is 3.43. The third-order valence-corrected chi connectivity index (χ3v) is 6.23. The quantitative estimate of drug-likeness (QED) is 0.793. The molecular weight excluding hydrogens is 348 g/mol. The molecular formula is C20H22N2O3S. The van der Waals surface area contributed by atoms with Gasteiger partial charge in [0.1, 0.15) is 10.4 Å². The van der Waals surface area contributed by atoms with Gasteiger partial charge in [0.25, 0.3) is 5.56 Å². The van der Waals surface area contributed by atoms with E-state index in [0.29, 0.717) is 27.2 Å². The molecule has 1 unspecified atom stereocenters. The number of carbonyl (C=O) groups excluding carboxylic acids is 1. The maximum absolute atomic E-state index is 12.5. The number of aromatic nitrogens is 1. The number of hydrogen-bond donors (Lipinski definition) is 2. The second-order valence-electron chi connectivity index (χ2n) is 7.52. The Kier molecular flexibility index (Phi) is 4.12. The number of nitrogens with one attached hydrogen (secondary N) is 2.